The number of rotatable bonds is 4. The van der Waals surface area contributed by atoms with Crippen LogP contribution in [0.5, 0.6) is 0 Å². The number of amides is 2. The van der Waals surface area contributed by atoms with Crippen molar-refractivity contribution in [2.45, 2.75) is 25.8 Å². The molecule has 1 atom stereocenters. The van der Waals surface area contributed by atoms with Crippen LogP contribution in [-0.2, 0) is 18.4 Å². The van der Waals surface area contributed by atoms with Crippen molar-refractivity contribution in [3.8, 4) is 0 Å². The standard InChI is InChI=1S/C29H33FN4O2/c1-31-25-8-3-2-6-22(25)18-26(31)28(36)33-11-9-29(10-12-33)19-24(29)27(35)34-15-13-32(14-16-34)20-21-5-4-7-23(30)17-21/h2-8,17-18,24H,9-16,19-20H2,1H3/t24-/m1/s1. The van der Waals surface area contributed by atoms with E-state index in [-0.39, 0.29) is 29.0 Å². The number of hydrogen-bond acceptors (Lipinski definition) is 3. The van der Waals surface area contributed by atoms with Crippen LogP contribution in [0.15, 0.2) is 54.6 Å². The number of carbonyl (C=O) groups is 2. The molecule has 0 bridgehead atoms. The summed E-state index contributed by atoms with van der Waals surface area (Å²) >= 11 is 0. The molecule has 7 heteroatoms. The van der Waals surface area contributed by atoms with Gasteiger partial charge in [-0.05, 0) is 54.5 Å². The smallest absolute Gasteiger partial charge is 0.270 e. The number of piperazine rings is 1. The molecule has 1 saturated carbocycles. The van der Waals surface area contributed by atoms with E-state index in [2.05, 4.69) is 4.90 Å². The van der Waals surface area contributed by atoms with Gasteiger partial charge >= 0.3 is 0 Å². The van der Waals surface area contributed by atoms with Crippen LogP contribution in [-0.4, -0.2) is 70.3 Å². The maximum absolute atomic E-state index is 13.5. The molecule has 1 aliphatic carbocycles. The van der Waals surface area contributed by atoms with Gasteiger partial charge in [0.2, 0.25) is 5.91 Å². The number of aryl methyl sites for hydroxylation is 1. The number of halogens is 1. The lowest BCUT2D eigenvalue weighted by atomic mass is 9.90. The van der Waals surface area contributed by atoms with Crippen LogP contribution in [0.1, 0.15) is 35.3 Å². The number of nitrogens with zero attached hydrogens (tertiary/aromatic N) is 4. The van der Waals surface area contributed by atoms with Gasteiger partial charge in [-0.2, -0.15) is 0 Å². The fourth-order valence-electron chi connectivity index (χ4n) is 6.30. The van der Waals surface area contributed by atoms with Crippen LogP contribution >= 0.6 is 0 Å². The van der Waals surface area contributed by atoms with Crippen molar-refractivity contribution >= 4 is 22.7 Å². The Labute approximate surface area is 211 Å². The lowest BCUT2D eigenvalue weighted by Crippen LogP contribution is -2.49. The molecule has 0 radical (unpaired) electrons. The fourth-order valence-corrected chi connectivity index (χ4v) is 6.30. The zero-order valence-corrected chi connectivity index (χ0v) is 20.8. The SMILES string of the molecule is Cn1c(C(=O)N2CCC3(CC2)C[C@@H]3C(=O)N2CCN(Cc3cccc(F)c3)CC2)cc2ccccc21. The topological polar surface area (TPSA) is 48.8 Å². The summed E-state index contributed by atoms with van der Waals surface area (Å²) in [6, 6.07) is 16.8. The molecule has 6 rings (SSSR count). The first-order valence-corrected chi connectivity index (χ1v) is 13.0. The van der Waals surface area contributed by atoms with Crippen LogP contribution in [0.25, 0.3) is 10.9 Å². The molecule has 1 aromatic heterocycles. The van der Waals surface area contributed by atoms with Crippen molar-refractivity contribution in [1.29, 1.82) is 0 Å². The Morgan fingerprint density at radius 1 is 0.917 bits per heavy atom. The van der Waals surface area contributed by atoms with Gasteiger partial charge in [0, 0.05) is 69.7 Å². The summed E-state index contributed by atoms with van der Waals surface area (Å²) in [4.78, 5) is 32.8. The van der Waals surface area contributed by atoms with Crippen LogP contribution in [0.4, 0.5) is 4.39 Å². The minimum Gasteiger partial charge on any atom is -0.340 e. The molecule has 1 spiro atoms. The predicted octanol–water partition coefficient (Wildman–Crippen LogP) is 3.90. The van der Waals surface area contributed by atoms with Crippen LogP contribution in [0.3, 0.4) is 0 Å². The van der Waals surface area contributed by atoms with Gasteiger partial charge in [-0.3, -0.25) is 14.5 Å². The maximum Gasteiger partial charge on any atom is 0.270 e. The third-order valence-electron chi connectivity index (χ3n) is 8.68. The van der Waals surface area contributed by atoms with Crippen LogP contribution in [0.2, 0.25) is 0 Å². The van der Waals surface area contributed by atoms with Crippen LogP contribution in [0, 0.1) is 17.2 Å². The van der Waals surface area contributed by atoms with Gasteiger partial charge in [-0.25, -0.2) is 4.39 Å². The first-order valence-electron chi connectivity index (χ1n) is 13.0. The summed E-state index contributed by atoms with van der Waals surface area (Å²) in [6.07, 6.45) is 2.75. The molecule has 0 unspecified atom stereocenters. The highest BCUT2D eigenvalue weighted by atomic mass is 19.1. The largest absolute Gasteiger partial charge is 0.340 e. The average Bonchev–Trinajstić information content (AvgIpc) is 3.49. The quantitative estimate of drug-likeness (QED) is 0.560. The molecule has 188 valence electrons. The molecule has 2 saturated heterocycles. The third kappa shape index (κ3) is 4.19. The van der Waals surface area contributed by atoms with Crippen molar-refractivity contribution in [2.24, 2.45) is 18.4 Å². The number of likely N-dealkylation sites (tertiary alicyclic amines) is 1. The molecule has 2 aromatic carbocycles. The van der Waals surface area contributed by atoms with E-state index in [4.69, 9.17) is 0 Å². The number of aromatic nitrogens is 1. The zero-order valence-electron chi connectivity index (χ0n) is 20.8. The zero-order chi connectivity index (χ0) is 24.9. The number of para-hydroxylation sites is 1. The predicted molar refractivity (Wildman–Crippen MR) is 137 cm³/mol. The summed E-state index contributed by atoms with van der Waals surface area (Å²) < 4.78 is 15.5. The Bertz CT molecular complexity index is 1300. The Hall–Kier alpha value is -3.19. The molecule has 2 amide bonds. The van der Waals surface area contributed by atoms with Gasteiger partial charge in [0.1, 0.15) is 11.5 Å². The maximum atomic E-state index is 13.5. The van der Waals surface area contributed by atoms with E-state index >= 15 is 0 Å². The van der Waals surface area contributed by atoms with E-state index in [9.17, 15) is 14.0 Å². The average molecular weight is 489 g/mol. The molecule has 0 N–H and O–H groups in total. The van der Waals surface area contributed by atoms with Gasteiger partial charge < -0.3 is 14.4 Å². The molecular weight excluding hydrogens is 455 g/mol. The van der Waals surface area contributed by atoms with Crippen molar-refractivity contribution in [1.82, 2.24) is 19.3 Å². The van der Waals surface area contributed by atoms with Crippen molar-refractivity contribution < 1.29 is 14.0 Å². The third-order valence-corrected chi connectivity index (χ3v) is 8.68. The van der Waals surface area contributed by atoms with E-state index < -0.39 is 0 Å². The Balaban J connectivity index is 1.01. The highest BCUT2D eigenvalue weighted by Crippen LogP contribution is 2.60. The lowest BCUT2D eigenvalue weighted by Gasteiger charge is -2.36. The molecule has 3 aliphatic rings. The summed E-state index contributed by atoms with van der Waals surface area (Å²) in [5.41, 5.74) is 2.84. The molecule has 3 fully saturated rings. The summed E-state index contributed by atoms with van der Waals surface area (Å²) in [5.74, 6) is 0.266. The van der Waals surface area contributed by atoms with E-state index in [1.54, 1.807) is 12.1 Å². The second-order valence-corrected chi connectivity index (χ2v) is 10.8. The monoisotopic (exact) mass is 488 g/mol. The van der Waals surface area contributed by atoms with Crippen molar-refractivity contribution in [3.05, 3.63) is 71.7 Å². The van der Waals surface area contributed by atoms with Crippen molar-refractivity contribution in [3.63, 3.8) is 0 Å². The minimum absolute atomic E-state index is 0.0749. The molecule has 3 aromatic rings. The van der Waals surface area contributed by atoms with Gasteiger partial charge in [0.15, 0.2) is 0 Å². The van der Waals surface area contributed by atoms with E-state index in [0.717, 1.165) is 67.6 Å². The molecular formula is C29H33FN4O2. The number of fused-ring (bicyclic) bond motifs is 1. The summed E-state index contributed by atoms with van der Waals surface area (Å²) in [6.45, 7) is 5.23. The number of piperidine rings is 1. The van der Waals surface area contributed by atoms with Gasteiger partial charge in [-0.1, -0.05) is 30.3 Å². The summed E-state index contributed by atoms with van der Waals surface area (Å²) in [7, 11) is 1.95. The Kier molecular flexibility index (Phi) is 5.83. The number of benzene rings is 2. The second kappa shape index (κ2) is 9.04. The van der Waals surface area contributed by atoms with Gasteiger partial charge in [-0.15, -0.1) is 0 Å². The fraction of sp³-hybridized carbons (Fsp3) is 0.448. The molecule has 6 nitrogen and oxygen atoms in total. The van der Waals surface area contributed by atoms with E-state index in [1.165, 1.54) is 6.07 Å². The minimum atomic E-state index is -0.204. The molecule has 36 heavy (non-hydrogen) atoms. The van der Waals surface area contributed by atoms with Gasteiger partial charge in [0.25, 0.3) is 5.91 Å². The van der Waals surface area contributed by atoms with Gasteiger partial charge in [0.05, 0.1) is 0 Å². The normalized spacial score (nSPS) is 21.8. The van der Waals surface area contributed by atoms with Crippen LogP contribution < -0.4 is 0 Å². The lowest BCUT2D eigenvalue weighted by molar-refractivity contribution is -0.135. The Morgan fingerprint density at radius 3 is 2.39 bits per heavy atom. The second-order valence-electron chi connectivity index (χ2n) is 10.8. The first-order chi connectivity index (χ1) is 17.4. The van der Waals surface area contributed by atoms with Crippen molar-refractivity contribution in [2.75, 3.05) is 39.3 Å². The first kappa shape index (κ1) is 23.2. The highest BCUT2D eigenvalue weighted by Gasteiger charge is 2.59. The summed E-state index contributed by atoms with van der Waals surface area (Å²) in [5, 5.41) is 1.08. The number of carbonyl (C=O) groups excluding carboxylic acids is 2. The van der Waals surface area contributed by atoms with E-state index in [1.807, 2.05) is 57.8 Å². The van der Waals surface area contributed by atoms with E-state index in [0.29, 0.717) is 19.6 Å². The molecule has 2 aliphatic heterocycles. The Morgan fingerprint density at radius 2 is 1.67 bits per heavy atom. The highest BCUT2D eigenvalue weighted by molar-refractivity contribution is 5.98. The molecule has 3 heterocycles. The number of hydrogen-bond donors (Lipinski definition) is 0.